The standard InChI is InChI=1S/C11H23N/c1-7(2)12-10(5)8(3)9(4)11(12)6/h7-11H,1-6H3. The van der Waals surface area contributed by atoms with Gasteiger partial charge in [0.1, 0.15) is 0 Å². The van der Waals surface area contributed by atoms with E-state index in [-0.39, 0.29) is 0 Å². The predicted molar refractivity (Wildman–Crippen MR) is 54.2 cm³/mol. The Labute approximate surface area is 77.1 Å². The first-order valence-electron chi connectivity index (χ1n) is 5.24. The van der Waals surface area contributed by atoms with Crippen molar-refractivity contribution in [3.05, 3.63) is 0 Å². The Morgan fingerprint density at radius 2 is 1.17 bits per heavy atom. The Morgan fingerprint density at radius 1 is 0.833 bits per heavy atom. The zero-order valence-electron chi connectivity index (χ0n) is 9.33. The highest BCUT2D eigenvalue weighted by Crippen LogP contribution is 2.35. The zero-order valence-corrected chi connectivity index (χ0v) is 9.33. The van der Waals surface area contributed by atoms with Crippen LogP contribution in [0.2, 0.25) is 0 Å². The van der Waals surface area contributed by atoms with Gasteiger partial charge < -0.3 is 0 Å². The van der Waals surface area contributed by atoms with Gasteiger partial charge in [0, 0.05) is 18.1 Å². The molecule has 0 radical (unpaired) electrons. The van der Waals surface area contributed by atoms with Crippen LogP contribution in [0, 0.1) is 11.8 Å². The third kappa shape index (κ3) is 1.39. The molecular weight excluding hydrogens is 146 g/mol. The number of nitrogens with zero attached hydrogens (tertiary/aromatic N) is 1. The third-order valence-electron chi connectivity index (χ3n) is 3.89. The van der Waals surface area contributed by atoms with Crippen molar-refractivity contribution in [3.63, 3.8) is 0 Å². The van der Waals surface area contributed by atoms with Gasteiger partial charge in [-0.15, -0.1) is 0 Å². The molecule has 1 heterocycles. The van der Waals surface area contributed by atoms with E-state index in [4.69, 9.17) is 0 Å². The lowest BCUT2D eigenvalue weighted by Crippen LogP contribution is -2.40. The molecule has 1 saturated heterocycles. The van der Waals surface area contributed by atoms with E-state index >= 15 is 0 Å². The lowest BCUT2D eigenvalue weighted by atomic mass is 9.92. The first kappa shape index (κ1) is 10.0. The first-order valence-corrected chi connectivity index (χ1v) is 5.24. The molecular formula is C11H23N. The molecule has 12 heavy (non-hydrogen) atoms. The number of rotatable bonds is 1. The lowest BCUT2D eigenvalue weighted by molar-refractivity contribution is 0.153. The van der Waals surface area contributed by atoms with Gasteiger partial charge in [0.2, 0.25) is 0 Å². The van der Waals surface area contributed by atoms with Gasteiger partial charge in [0.25, 0.3) is 0 Å². The Kier molecular flexibility index (Phi) is 2.82. The first-order chi connectivity index (χ1) is 5.46. The quantitative estimate of drug-likeness (QED) is 0.583. The average molecular weight is 169 g/mol. The van der Waals surface area contributed by atoms with Gasteiger partial charge in [-0.2, -0.15) is 0 Å². The number of hydrogen-bond donors (Lipinski definition) is 0. The minimum absolute atomic E-state index is 0.697. The van der Waals surface area contributed by atoms with Crippen LogP contribution in [0.1, 0.15) is 41.5 Å². The maximum absolute atomic E-state index is 2.65. The summed E-state index contributed by atoms with van der Waals surface area (Å²) in [6.45, 7) is 14.1. The van der Waals surface area contributed by atoms with Gasteiger partial charge in [-0.05, 0) is 39.5 Å². The molecule has 0 bridgehead atoms. The maximum atomic E-state index is 2.65. The van der Waals surface area contributed by atoms with Crippen LogP contribution in [0.3, 0.4) is 0 Å². The fourth-order valence-corrected chi connectivity index (χ4v) is 2.73. The van der Waals surface area contributed by atoms with Crippen molar-refractivity contribution in [1.82, 2.24) is 4.90 Å². The lowest BCUT2D eigenvalue weighted by Gasteiger charge is -2.31. The van der Waals surface area contributed by atoms with E-state index in [9.17, 15) is 0 Å². The highest BCUT2D eigenvalue weighted by molar-refractivity contribution is 4.93. The summed E-state index contributed by atoms with van der Waals surface area (Å²) in [4.78, 5) is 2.65. The molecule has 0 amide bonds. The average Bonchev–Trinajstić information content (AvgIpc) is 2.16. The molecule has 4 atom stereocenters. The minimum atomic E-state index is 0.697. The zero-order chi connectivity index (χ0) is 9.46. The summed E-state index contributed by atoms with van der Waals surface area (Å²) in [5.41, 5.74) is 0. The van der Waals surface area contributed by atoms with Crippen LogP contribution in [-0.2, 0) is 0 Å². The molecule has 0 aromatic heterocycles. The molecule has 1 aliphatic heterocycles. The summed E-state index contributed by atoms with van der Waals surface area (Å²) in [5.74, 6) is 1.70. The molecule has 1 heteroatoms. The maximum Gasteiger partial charge on any atom is 0.0101 e. The second-order valence-corrected chi connectivity index (χ2v) is 4.74. The second kappa shape index (κ2) is 3.37. The Bertz CT molecular complexity index is 139. The van der Waals surface area contributed by atoms with Gasteiger partial charge in [-0.3, -0.25) is 4.90 Å². The molecule has 0 aromatic carbocycles. The molecule has 0 aliphatic carbocycles. The summed E-state index contributed by atoms with van der Waals surface area (Å²) >= 11 is 0. The number of hydrogen-bond acceptors (Lipinski definition) is 1. The van der Waals surface area contributed by atoms with Gasteiger partial charge in [-0.25, -0.2) is 0 Å². The summed E-state index contributed by atoms with van der Waals surface area (Å²) < 4.78 is 0. The summed E-state index contributed by atoms with van der Waals surface area (Å²) in [6.07, 6.45) is 0. The van der Waals surface area contributed by atoms with E-state index in [0.717, 1.165) is 23.9 Å². The fourth-order valence-electron chi connectivity index (χ4n) is 2.73. The topological polar surface area (TPSA) is 3.24 Å². The van der Waals surface area contributed by atoms with Crippen molar-refractivity contribution in [3.8, 4) is 0 Å². The summed E-state index contributed by atoms with van der Waals surface area (Å²) in [7, 11) is 0. The van der Waals surface area contributed by atoms with Crippen LogP contribution in [0.5, 0.6) is 0 Å². The smallest absolute Gasteiger partial charge is 0.0101 e. The van der Waals surface area contributed by atoms with E-state index in [2.05, 4.69) is 46.4 Å². The molecule has 0 N–H and O–H groups in total. The van der Waals surface area contributed by atoms with Crippen LogP contribution < -0.4 is 0 Å². The van der Waals surface area contributed by atoms with Crippen molar-refractivity contribution >= 4 is 0 Å². The number of likely N-dealkylation sites (tertiary alicyclic amines) is 1. The van der Waals surface area contributed by atoms with E-state index < -0.39 is 0 Å². The van der Waals surface area contributed by atoms with Crippen LogP contribution in [-0.4, -0.2) is 23.0 Å². The monoisotopic (exact) mass is 169 g/mol. The molecule has 1 aliphatic rings. The molecule has 4 unspecified atom stereocenters. The second-order valence-electron chi connectivity index (χ2n) is 4.74. The minimum Gasteiger partial charge on any atom is -0.295 e. The largest absolute Gasteiger partial charge is 0.295 e. The van der Waals surface area contributed by atoms with E-state index in [1.807, 2.05) is 0 Å². The van der Waals surface area contributed by atoms with E-state index in [1.54, 1.807) is 0 Å². The molecule has 1 rings (SSSR count). The van der Waals surface area contributed by atoms with Crippen molar-refractivity contribution in [2.24, 2.45) is 11.8 Å². The fraction of sp³-hybridized carbons (Fsp3) is 1.00. The van der Waals surface area contributed by atoms with Gasteiger partial charge in [0.15, 0.2) is 0 Å². The van der Waals surface area contributed by atoms with Crippen molar-refractivity contribution in [1.29, 1.82) is 0 Å². The molecule has 0 aromatic rings. The normalized spacial score (nSPS) is 44.2. The molecule has 72 valence electrons. The molecule has 0 spiro atoms. The van der Waals surface area contributed by atoms with Crippen LogP contribution >= 0.6 is 0 Å². The molecule has 1 nitrogen and oxygen atoms in total. The summed E-state index contributed by atoms with van der Waals surface area (Å²) in [5, 5.41) is 0. The van der Waals surface area contributed by atoms with Crippen molar-refractivity contribution < 1.29 is 0 Å². The predicted octanol–water partition coefficient (Wildman–Crippen LogP) is 2.76. The summed E-state index contributed by atoms with van der Waals surface area (Å²) in [6, 6.07) is 2.22. The van der Waals surface area contributed by atoms with E-state index in [1.165, 1.54) is 0 Å². The SMILES string of the molecule is CC1C(C)C(C)N(C(C)C)C1C. The Balaban J connectivity index is 2.76. The van der Waals surface area contributed by atoms with Crippen molar-refractivity contribution in [2.45, 2.75) is 59.7 Å². The Hall–Kier alpha value is -0.0400. The van der Waals surface area contributed by atoms with Gasteiger partial charge >= 0.3 is 0 Å². The van der Waals surface area contributed by atoms with Crippen LogP contribution in [0.25, 0.3) is 0 Å². The molecule has 1 fully saturated rings. The Morgan fingerprint density at radius 3 is 1.33 bits per heavy atom. The molecule has 0 saturated carbocycles. The van der Waals surface area contributed by atoms with E-state index in [0.29, 0.717) is 6.04 Å². The van der Waals surface area contributed by atoms with Crippen LogP contribution in [0.4, 0.5) is 0 Å². The third-order valence-corrected chi connectivity index (χ3v) is 3.89. The highest BCUT2D eigenvalue weighted by atomic mass is 15.2. The van der Waals surface area contributed by atoms with Gasteiger partial charge in [-0.1, -0.05) is 13.8 Å². The van der Waals surface area contributed by atoms with Crippen molar-refractivity contribution in [2.75, 3.05) is 0 Å². The van der Waals surface area contributed by atoms with Gasteiger partial charge in [0.05, 0.1) is 0 Å². The van der Waals surface area contributed by atoms with Crippen LogP contribution in [0.15, 0.2) is 0 Å². The highest BCUT2D eigenvalue weighted by Gasteiger charge is 2.40.